The van der Waals surface area contributed by atoms with Crippen LogP contribution in [0.15, 0.2) is 42.5 Å². The molecule has 2 bridgehead atoms. The van der Waals surface area contributed by atoms with E-state index in [1.165, 1.54) is 35.9 Å². The van der Waals surface area contributed by atoms with E-state index in [9.17, 15) is 0 Å². The summed E-state index contributed by atoms with van der Waals surface area (Å²) in [7, 11) is 0. The lowest BCUT2D eigenvalue weighted by molar-refractivity contribution is -0.743. The molecule has 3 aromatic rings. The maximum absolute atomic E-state index is 2.81. The molecule has 0 amide bonds. The average molecular weight is 397 g/mol. The third kappa shape index (κ3) is 1.98. The number of aryl methyl sites for hydroxylation is 1. The van der Waals surface area contributed by atoms with Gasteiger partial charge in [0, 0.05) is 25.0 Å². The summed E-state index contributed by atoms with van der Waals surface area (Å²) in [6.07, 6.45) is 6.41. The Bertz CT molecular complexity index is 1200. The van der Waals surface area contributed by atoms with E-state index in [0.717, 1.165) is 24.7 Å². The molecule has 1 aliphatic heterocycles. The van der Waals surface area contributed by atoms with Crippen molar-refractivity contribution >= 4 is 10.9 Å². The van der Waals surface area contributed by atoms with Crippen molar-refractivity contribution < 1.29 is 4.57 Å². The Kier molecular flexibility index (Phi) is 3.70. The second kappa shape index (κ2) is 5.96. The van der Waals surface area contributed by atoms with Gasteiger partial charge in [-0.05, 0) is 74.6 Å². The molecule has 1 saturated carbocycles. The van der Waals surface area contributed by atoms with Crippen molar-refractivity contribution in [3.05, 3.63) is 64.7 Å². The Morgan fingerprint density at radius 3 is 2.40 bits per heavy atom. The second-order valence-corrected chi connectivity index (χ2v) is 10.6. The molecule has 0 N–H and O–H groups in total. The number of hydrogen-bond donors (Lipinski definition) is 0. The summed E-state index contributed by atoms with van der Waals surface area (Å²) < 4.78 is 2.81. The summed E-state index contributed by atoms with van der Waals surface area (Å²) in [6, 6.07) is 16.6. The van der Waals surface area contributed by atoms with Crippen molar-refractivity contribution in [2.24, 2.45) is 0 Å². The minimum absolute atomic E-state index is 0.0514. The van der Waals surface area contributed by atoms with E-state index in [1.807, 2.05) is 0 Å². The maximum atomic E-state index is 2.81. The van der Waals surface area contributed by atoms with Crippen LogP contribution >= 0.6 is 0 Å². The van der Waals surface area contributed by atoms with Crippen LogP contribution in [0.4, 0.5) is 0 Å². The van der Waals surface area contributed by atoms with Crippen LogP contribution in [0.1, 0.15) is 93.9 Å². The summed E-state index contributed by atoms with van der Waals surface area (Å²) in [4.78, 5) is 0. The van der Waals surface area contributed by atoms with Crippen molar-refractivity contribution in [1.82, 2.24) is 0 Å². The van der Waals surface area contributed by atoms with Gasteiger partial charge in [-0.1, -0.05) is 43.7 Å². The van der Waals surface area contributed by atoms with Crippen LogP contribution < -0.4 is 4.57 Å². The molecule has 2 heterocycles. The minimum atomic E-state index is 0.0514. The molecule has 1 fully saturated rings. The third-order valence-electron chi connectivity index (χ3n) is 9.56. The monoisotopic (exact) mass is 396 g/mol. The lowest BCUT2D eigenvalue weighted by Crippen LogP contribution is -2.68. The Hall–Kier alpha value is -2.15. The van der Waals surface area contributed by atoms with Gasteiger partial charge >= 0.3 is 0 Å². The molecule has 3 aliphatic rings. The van der Waals surface area contributed by atoms with E-state index >= 15 is 0 Å². The number of hydrogen-bond acceptors (Lipinski definition) is 0. The van der Waals surface area contributed by atoms with Gasteiger partial charge in [0.1, 0.15) is 0 Å². The molecule has 30 heavy (non-hydrogen) atoms. The van der Waals surface area contributed by atoms with Crippen molar-refractivity contribution in [1.29, 1.82) is 0 Å². The van der Waals surface area contributed by atoms with Crippen LogP contribution in [0.2, 0.25) is 0 Å². The van der Waals surface area contributed by atoms with Crippen molar-refractivity contribution in [2.75, 3.05) is 0 Å². The molecule has 0 spiro atoms. The van der Waals surface area contributed by atoms with Crippen LogP contribution in [0.25, 0.3) is 22.2 Å². The summed E-state index contributed by atoms with van der Waals surface area (Å²) in [5.41, 5.74) is 11.0. The highest BCUT2D eigenvalue weighted by atomic mass is 15.1. The lowest BCUT2D eigenvalue weighted by Gasteiger charge is -2.47. The molecule has 154 valence electrons. The zero-order chi connectivity index (χ0) is 20.8. The predicted molar refractivity (Wildman–Crippen MR) is 125 cm³/mol. The van der Waals surface area contributed by atoms with Crippen molar-refractivity contribution in [3.8, 4) is 11.3 Å². The zero-order valence-corrected chi connectivity index (χ0v) is 19.2. The molecule has 6 rings (SSSR count). The molecule has 2 aromatic carbocycles. The Balaban J connectivity index is 1.87. The highest BCUT2D eigenvalue weighted by Crippen LogP contribution is 2.60. The molecule has 4 unspecified atom stereocenters. The van der Waals surface area contributed by atoms with Gasteiger partial charge in [0.25, 0.3) is 0 Å². The Labute approximate surface area is 181 Å². The Morgan fingerprint density at radius 1 is 0.933 bits per heavy atom. The fourth-order valence-electron chi connectivity index (χ4n) is 7.54. The van der Waals surface area contributed by atoms with E-state index in [1.54, 1.807) is 27.8 Å². The molecule has 0 radical (unpaired) electrons. The summed E-state index contributed by atoms with van der Waals surface area (Å²) >= 11 is 0. The van der Waals surface area contributed by atoms with E-state index in [2.05, 4.69) is 81.7 Å². The first-order valence-electron chi connectivity index (χ1n) is 12.1. The Morgan fingerprint density at radius 2 is 1.67 bits per heavy atom. The fourth-order valence-corrected chi connectivity index (χ4v) is 7.54. The highest BCUT2D eigenvalue weighted by molar-refractivity contribution is 5.88. The number of nitrogens with zero attached hydrogens (tertiary/aromatic N) is 1. The number of fused-ring (bicyclic) bond motifs is 12. The SMILES string of the molecule is CCC1(C)c2ccccc2-c2c3c(c4cc(C)ccc4[n+]2C1(C)CC)C1CCC3C1. The van der Waals surface area contributed by atoms with Crippen molar-refractivity contribution in [3.63, 3.8) is 0 Å². The molecule has 1 nitrogen and oxygen atoms in total. The van der Waals surface area contributed by atoms with Gasteiger partial charge in [0.05, 0.1) is 16.4 Å². The number of aromatic nitrogens is 1. The smallest absolute Gasteiger partial charge is 0.185 e. The van der Waals surface area contributed by atoms with Crippen LogP contribution in [0, 0.1) is 6.92 Å². The summed E-state index contributed by atoms with van der Waals surface area (Å²) in [5, 5.41) is 1.54. The second-order valence-electron chi connectivity index (χ2n) is 10.6. The predicted octanol–water partition coefficient (Wildman–Crippen LogP) is 7.27. The van der Waals surface area contributed by atoms with E-state index in [-0.39, 0.29) is 11.0 Å². The van der Waals surface area contributed by atoms with Crippen LogP contribution in [-0.4, -0.2) is 0 Å². The first kappa shape index (κ1) is 18.6. The molecular formula is C29H34N+. The highest BCUT2D eigenvalue weighted by Gasteiger charge is 2.59. The largest absolute Gasteiger partial charge is 0.217 e. The molecule has 0 saturated heterocycles. The average Bonchev–Trinajstić information content (AvgIpc) is 3.39. The topological polar surface area (TPSA) is 3.88 Å². The molecule has 1 heteroatoms. The lowest BCUT2D eigenvalue weighted by atomic mass is 9.60. The number of pyridine rings is 1. The van der Waals surface area contributed by atoms with E-state index in [0.29, 0.717) is 0 Å². The zero-order valence-electron chi connectivity index (χ0n) is 19.2. The van der Waals surface area contributed by atoms with E-state index in [4.69, 9.17) is 0 Å². The van der Waals surface area contributed by atoms with Crippen molar-refractivity contribution in [2.45, 2.75) is 89.5 Å². The third-order valence-corrected chi connectivity index (χ3v) is 9.56. The van der Waals surface area contributed by atoms with Gasteiger partial charge in [0.15, 0.2) is 5.54 Å². The number of rotatable bonds is 2. The fraction of sp³-hybridized carbons (Fsp3) is 0.483. The van der Waals surface area contributed by atoms with Gasteiger partial charge in [-0.15, -0.1) is 0 Å². The quantitative estimate of drug-likeness (QED) is 0.401. The maximum Gasteiger partial charge on any atom is 0.217 e. The van der Waals surface area contributed by atoms with Gasteiger partial charge < -0.3 is 0 Å². The molecule has 2 aliphatic carbocycles. The van der Waals surface area contributed by atoms with Gasteiger partial charge in [-0.2, -0.15) is 4.57 Å². The number of benzene rings is 2. The van der Waals surface area contributed by atoms with Crippen LogP contribution in [0.3, 0.4) is 0 Å². The van der Waals surface area contributed by atoms with Gasteiger partial charge in [-0.25, -0.2) is 0 Å². The van der Waals surface area contributed by atoms with Crippen LogP contribution in [0.5, 0.6) is 0 Å². The van der Waals surface area contributed by atoms with Gasteiger partial charge in [0.2, 0.25) is 11.2 Å². The van der Waals surface area contributed by atoms with E-state index < -0.39 is 0 Å². The molecule has 1 aromatic heterocycles. The molecule has 4 atom stereocenters. The normalized spacial score (nSPS) is 31.0. The summed E-state index contributed by atoms with van der Waals surface area (Å²) in [6.45, 7) is 12.1. The van der Waals surface area contributed by atoms with Crippen LogP contribution in [-0.2, 0) is 11.0 Å². The minimum Gasteiger partial charge on any atom is -0.185 e. The first-order valence-corrected chi connectivity index (χ1v) is 12.1. The van der Waals surface area contributed by atoms with Gasteiger partial charge in [-0.3, -0.25) is 0 Å². The molecular weight excluding hydrogens is 362 g/mol. The standard InChI is InChI=1S/C29H34N/c1-6-28(4)23-11-9-8-10-21(23)27-26-20-14-13-19(17-20)25(26)22-16-18(3)12-15-24(22)30(27)29(28,5)7-2/h8-12,15-16,19-20H,6-7,13-14,17H2,1-5H3/q+1. The first-order chi connectivity index (χ1) is 14.4. The summed E-state index contributed by atoms with van der Waals surface area (Å²) in [5.74, 6) is 1.51.